The molecule has 28 heavy (non-hydrogen) atoms. The van der Waals surface area contributed by atoms with Gasteiger partial charge in [-0.3, -0.25) is 9.69 Å². The summed E-state index contributed by atoms with van der Waals surface area (Å²) in [4.78, 5) is 14.4. The van der Waals surface area contributed by atoms with Gasteiger partial charge in [-0.25, -0.2) is 0 Å². The first-order valence-electron chi connectivity index (χ1n) is 9.42. The highest BCUT2D eigenvalue weighted by Crippen LogP contribution is 2.14. The Morgan fingerprint density at radius 1 is 1.18 bits per heavy atom. The molecule has 1 amide bonds. The molecule has 5 nitrogen and oxygen atoms in total. The lowest BCUT2D eigenvalue weighted by atomic mass is 10.2. The van der Waals surface area contributed by atoms with Crippen molar-refractivity contribution in [2.24, 2.45) is 0 Å². The Kier molecular flexibility index (Phi) is 7.91. The lowest BCUT2D eigenvalue weighted by Crippen LogP contribution is -2.38. The Balaban J connectivity index is 1.42. The first-order valence-corrected chi connectivity index (χ1v) is 9.80. The van der Waals surface area contributed by atoms with Crippen LogP contribution >= 0.6 is 11.6 Å². The zero-order valence-corrected chi connectivity index (χ0v) is 16.5. The minimum Gasteiger partial charge on any atom is -0.492 e. The third-order valence-electron chi connectivity index (χ3n) is 4.44. The van der Waals surface area contributed by atoms with Gasteiger partial charge in [0.25, 0.3) is 0 Å². The van der Waals surface area contributed by atoms with Crippen molar-refractivity contribution >= 4 is 23.6 Å². The molecule has 0 unspecified atom stereocenters. The van der Waals surface area contributed by atoms with E-state index in [4.69, 9.17) is 21.1 Å². The smallest absolute Gasteiger partial charge is 0.244 e. The summed E-state index contributed by atoms with van der Waals surface area (Å²) in [5, 5.41) is 3.56. The van der Waals surface area contributed by atoms with Crippen molar-refractivity contribution in [1.82, 2.24) is 10.2 Å². The quantitative estimate of drug-likeness (QED) is 0.690. The van der Waals surface area contributed by atoms with E-state index in [1.807, 2.05) is 36.4 Å². The zero-order chi connectivity index (χ0) is 19.6. The summed E-state index contributed by atoms with van der Waals surface area (Å²) in [5.41, 5.74) is 1.92. The SMILES string of the molecule is O=C(/C=C/c1ccc(Cl)cc1)NCc1cccc(OCCN2CCOCC2)c1. The minimum absolute atomic E-state index is 0.145. The monoisotopic (exact) mass is 400 g/mol. The Hall–Kier alpha value is -2.34. The average Bonchev–Trinajstić information content (AvgIpc) is 2.73. The van der Waals surface area contributed by atoms with Crippen molar-refractivity contribution in [2.45, 2.75) is 6.54 Å². The van der Waals surface area contributed by atoms with Crippen LogP contribution in [0.1, 0.15) is 11.1 Å². The van der Waals surface area contributed by atoms with E-state index < -0.39 is 0 Å². The van der Waals surface area contributed by atoms with E-state index in [9.17, 15) is 4.79 Å². The molecular formula is C22H25ClN2O3. The molecule has 1 saturated heterocycles. The molecule has 3 rings (SSSR count). The van der Waals surface area contributed by atoms with Crippen LogP contribution in [0.15, 0.2) is 54.6 Å². The Bertz CT molecular complexity index is 787. The zero-order valence-electron chi connectivity index (χ0n) is 15.8. The van der Waals surface area contributed by atoms with Gasteiger partial charge in [0.2, 0.25) is 5.91 Å². The lowest BCUT2D eigenvalue weighted by Gasteiger charge is -2.26. The van der Waals surface area contributed by atoms with Gasteiger partial charge in [0.1, 0.15) is 12.4 Å². The molecule has 148 valence electrons. The van der Waals surface area contributed by atoms with Crippen molar-refractivity contribution in [3.63, 3.8) is 0 Å². The summed E-state index contributed by atoms with van der Waals surface area (Å²) in [7, 11) is 0. The van der Waals surface area contributed by atoms with E-state index in [2.05, 4.69) is 10.2 Å². The topological polar surface area (TPSA) is 50.8 Å². The van der Waals surface area contributed by atoms with E-state index in [1.165, 1.54) is 6.08 Å². The third kappa shape index (κ3) is 7.00. The van der Waals surface area contributed by atoms with Gasteiger partial charge in [0.15, 0.2) is 0 Å². The highest BCUT2D eigenvalue weighted by atomic mass is 35.5. The second-order valence-corrected chi connectivity index (χ2v) is 6.99. The van der Waals surface area contributed by atoms with Gasteiger partial charge < -0.3 is 14.8 Å². The standard InChI is InChI=1S/C22H25ClN2O3/c23-20-7-4-18(5-8-20)6-9-22(26)24-17-19-2-1-3-21(16-19)28-15-12-25-10-13-27-14-11-25/h1-9,16H,10-15,17H2,(H,24,26)/b9-6+. The first kappa shape index (κ1) is 20.4. The minimum atomic E-state index is -0.145. The number of halogens is 1. The summed E-state index contributed by atoms with van der Waals surface area (Å²) in [6.45, 7) is 5.48. The molecule has 2 aromatic carbocycles. The third-order valence-corrected chi connectivity index (χ3v) is 4.69. The molecule has 1 heterocycles. The fourth-order valence-electron chi connectivity index (χ4n) is 2.86. The maximum Gasteiger partial charge on any atom is 0.244 e. The van der Waals surface area contributed by atoms with Crippen molar-refractivity contribution in [3.8, 4) is 5.75 Å². The molecule has 0 radical (unpaired) electrons. The van der Waals surface area contributed by atoms with Crippen molar-refractivity contribution in [3.05, 3.63) is 70.8 Å². The predicted molar refractivity (Wildman–Crippen MR) is 112 cm³/mol. The molecule has 0 atom stereocenters. The number of rotatable bonds is 8. The summed E-state index contributed by atoms with van der Waals surface area (Å²) in [5.74, 6) is 0.672. The number of nitrogens with one attached hydrogen (secondary N) is 1. The van der Waals surface area contributed by atoms with Gasteiger partial charge in [-0.2, -0.15) is 0 Å². The first-order chi connectivity index (χ1) is 13.7. The molecule has 1 N–H and O–H groups in total. The molecule has 1 aliphatic rings. The molecule has 0 saturated carbocycles. The van der Waals surface area contributed by atoms with Crippen LogP contribution in [0.2, 0.25) is 5.02 Å². The van der Waals surface area contributed by atoms with E-state index in [0.29, 0.717) is 18.2 Å². The Morgan fingerprint density at radius 3 is 2.75 bits per heavy atom. The highest BCUT2D eigenvalue weighted by Gasteiger charge is 2.09. The maximum absolute atomic E-state index is 12.0. The predicted octanol–water partition coefficient (Wildman–Crippen LogP) is 3.38. The number of benzene rings is 2. The van der Waals surface area contributed by atoms with Crippen LogP contribution in [0, 0.1) is 0 Å². The Labute approximate surface area is 170 Å². The number of carbonyl (C=O) groups excluding carboxylic acids is 1. The summed E-state index contributed by atoms with van der Waals surface area (Å²) in [6, 6.07) is 15.1. The van der Waals surface area contributed by atoms with Crippen LogP contribution in [-0.4, -0.2) is 50.3 Å². The van der Waals surface area contributed by atoms with E-state index in [0.717, 1.165) is 49.7 Å². The van der Waals surface area contributed by atoms with Crippen LogP contribution in [0.25, 0.3) is 6.08 Å². The van der Waals surface area contributed by atoms with E-state index >= 15 is 0 Å². The molecule has 6 heteroatoms. The number of hydrogen-bond acceptors (Lipinski definition) is 4. The molecule has 1 aliphatic heterocycles. The van der Waals surface area contributed by atoms with Crippen molar-refractivity contribution in [1.29, 1.82) is 0 Å². The van der Waals surface area contributed by atoms with Gasteiger partial charge in [0.05, 0.1) is 13.2 Å². The fraction of sp³-hybridized carbons (Fsp3) is 0.318. The molecule has 1 fully saturated rings. The molecular weight excluding hydrogens is 376 g/mol. The number of carbonyl (C=O) groups is 1. The molecule has 0 spiro atoms. The largest absolute Gasteiger partial charge is 0.492 e. The summed E-state index contributed by atoms with van der Waals surface area (Å²) >= 11 is 5.85. The van der Waals surface area contributed by atoms with Gasteiger partial charge in [-0.15, -0.1) is 0 Å². The number of morpholine rings is 1. The van der Waals surface area contributed by atoms with Crippen molar-refractivity contribution < 1.29 is 14.3 Å². The maximum atomic E-state index is 12.0. The summed E-state index contributed by atoms with van der Waals surface area (Å²) < 4.78 is 11.2. The molecule has 0 bridgehead atoms. The fourth-order valence-corrected chi connectivity index (χ4v) is 2.98. The lowest BCUT2D eigenvalue weighted by molar-refractivity contribution is -0.116. The number of ether oxygens (including phenoxy) is 2. The second-order valence-electron chi connectivity index (χ2n) is 6.55. The molecule has 2 aromatic rings. The van der Waals surface area contributed by atoms with Gasteiger partial charge in [0, 0.05) is 37.3 Å². The van der Waals surface area contributed by atoms with E-state index in [1.54, 1.807) is 18.2 Å². The number of amides is 1. The second kappa shape index (κ2) is 10.9. The Morgan fingerprint density at radius 2 is 1.96 bits per heavy atom. The normalized spacial score (nSPS) is 14.9. The van der Waals surface area contributed by atoms with E-state index in [-0.39, 0.29) is 5.91 Å². The van der Waals surface area contributed by atoms with Gasteiger partial charge >= 0.3 is 0 Å². The van der Waals surface area contributed by atoms with Crippen LogP contribution in [-0.2, 0) is 16.1 Å². The van der Waals surface area contributed by atoms with Crippen LogP contribution in [0.4, 0.5) is 0 Å². The highest BCUT2D eigenvalue weighted by molar-refractivity contribution is 6.30. The van der Waals surface area contributed by atoms with Crippen LogP contribution in [0.3, 0.4) is 0 Å². The van der Waals surface area contributed by atoms with Crippen LogP contribution in [0.5, 0.6) is 5.75 Å². The van der Waals surface area contributed by atoms with Crippen molar-refractivity contribution in [2.75, 3.05) is 39.5 Å². The number of hydrogen-bond donors (Lipinski definition) is 1. The summed E-state index contributed by atoms with van der Waals surface area (Å²) in [6.07, 6.45) is 3.28. The molecule has 0 aromatic heterocycles. The number of nitrogens with zero attached hydrogens (tertiary/aromatic N) is 1. The molecule has 0 aliphatic carbocycles. The van der Waals surface area contributed by atoms with Gasteiger partial charge in [-0.05, 0) is 41.5 Å². The van der Waals surface area contributed by atoms with Crippen LogP contribution < -0.4 is 10.1 Å². The average molecular weight is 401 g/mol. The van der Waals surface area contributed by atoms with Gasteiger partial charge in [-0.1, -0.05) is 35.9 Å².